The molecule has 2 aromatic rings. The molecule has 0 saturated carbocycles. The molecule has 0 aromatic heterocycles. The fraction of sp³-hybridized carbons (Fsp3) is 0.250. The van der Waals surface area contributed by atoms with Crippen LogP contribution in [0.1, 0.15) is 11.1 Å². The summed E-state index contributed by atoms with van der Waals surface area (Å²) in [5, 5.41) is 6.75. The van der Waals surface area contributed by atoms with Crippen molar-refractivity contribution in [2.24, 2.45) is 0 Å². The van der Waals surface area contributed by atoms with Crippen LogP contribution < -0.4 is 10.6 Å². The summed E-state index contributed by atoms with van der Waals surface area (Å²) in [4.78, 5) is 0. The minimum Gasteiger partial charge on any atom is -0.337 e. The molecule has 3 rings (SSSR count). The summed E-state index contributed by atoms with van der Waals surface area (Å²) in [6.45, 7) is 1.68. The molecule has 98 valence electrons. The van der Waals surface area contributed by atoms with E-state index >= 15 is 0 Å². The summed E-state index contributed by atoms with van der Waals surface area (Å²) >= 11 is 0. The van der Waals surface area contributed by atoms with Gasteiger partial charge in [0, 0.05) is 13.1 Å². The standard InChI is InChI=1S/C16H18N2O/c1-3-7-13(8-4-1)11-17-15-16(19-15)18-12-14-9-5-2-6-10-14/h1-10,15-18H,11-12H2. The van der Waals surface area contributed by atoms with Gasteiger partial charge in [-0.2, -0.15) is 0 Å². The molecule has 0 aliphatic carbocycles. The summed E-state index contributed by atoms with van der Waals surface area (Å²) in [5.74, 6) is 0. The van der Waals surface area contributed by atoms with Crippen LogP contribution in [-0.4, -0.2) is 12.5 Å². The molecule has 1 saturated heterocycles. The molecule has 3 nitrogen and oxygen atoms in total. The highest BCUT2D eigenvalue weighted by Gasteiger charge is 2.37. The molecule has 0 amide bonds. The predicted molar refractivity (Wildman–Crippen MR) is 75.2 cm³/mol. The normalized spacial score (nSPS) is 21.3. The Morgan fingerprint density at radius 2 is 1.11 bits per heavy atom. The van der Waals surface area contributed by atoms with Crippen molar-refractivity contribution in [3.05, 3.63) is 71.8 Å². The second kappa shape index (κ2) is 5.97. The van der Waals surface area contributed by atoms with Crippen molar-refractivity contribution in [1.29, 1.82) is 0 Å². The minimum absolute atomic E-state index is 0.129. The highest BCUT2D eigenvalue weighted by molar-refractivity contribution is 5.15. The van der Waals surface area contributed by atoms with Crippen LogP contribution in [0.3, 0.4) is 0 Å². The van der Waals surface area contributed by atoms with E-state index in [9.17, 15) is 0 Å². The molecular weight excluding hydrogens is 236 g/mol. The minimum atomic E-state index is 0.129. The van der Waals surface area contributed by atoms with Gasteiger partial charge in [-0.05, 0) is 11.1 Å². The van der Waals surface area contributed by atoms with Crippen LogP contribution in [0, 0.1) is 0 Å². The lowest BCUT2D eigenvalue weighted by molar-refractivity contribution is 0.325. The van der Waals surface area contributed by atoms with Gasteiger partial charge in [-0.1, -0.05) is 60.7 Å². The lowest BCUT2D eigenvalue weighted by atomic mass is 10.2. The Morgan fingerprint density at radius 3 is 1.53 bits per heavy atom. The Bertz CT molecular complexity index is 453. The summed E-state index contributed by atoms with van der Waals surface area (Å²) in [7, 11) is 0. The Morgan fingerprint density at radius 1 is 0.684 bits per heavy atom. The van der Waals surface area contributed by atoms with E-state index in [4.69, 9.17) is 4.74 Å². The molecule has 2 N–H and O–H groups in total. The third kappa shape index (κ3) is 3.64. The maximum absolute atomic E-state index is 5.54. The zero-order valence-corrected chi connectivity index (χ0v) is 10.8. The first-order valence-electron chi connectivity index (χ1n) is 6.62. The number of nitrogens with one attached hydrogen (secondary N) is 2. The maximum Gasteiger partial charge on any atom is 0.150 e. The van der Waals surface area contributed by atoms with Crippen LogP contribution in [0.25, 0.3) is 0 Å². The predicted octanol–water partition coefficient (Wildman–Crippen LogP) is 2.25. The topological polar surface area (TPSA) is 36.6 Å². The van der Waals surface area contributed by atoms with Crippen LogP contribution in [0.4, 0.5) is 0 Å². The average Bonchev–Trinajstić information content (AvgIpc) is 3.24. The molecule has 3 heteroatoms. The SMILES string of the molecule is c1ccc(CNC2OC2NCc2ccccc2)cc1. The highest BCUT2D eigenvalue weighted by Crippen LogP contribution is 2.17. The van der Waals surface area contributed by atoms with Crippen LogP contribution in [0.15, 0.2) is 60.7 Å². The van der Waals surface area contributed by atoms with Gasteiger partial charge in [0.2, 0.25) is 0 Å². The molecule has 0 bridgehead atoms. The Hall–Kier alpha value is -1.68. The monoisotopic (exact) mass is 254 g/mol. The van der Waals surface area contributed by atoms with Crippen LogP contribution in [0.5, 0.6) is 0 Å². The molecular formula is C16H18N2O. The van der Waals surface area contributed by atoms with Crippen molar-refractivity contribution in [2.75, 3.05) is 0 Å². The lowest BCUT2D eigenvalue weighted by Gasteiger charge is -2.03. The first-order chi connectivity index (χ1) is 9.42. The quantitative estimate of drug-likeness (QED) is 0.776. The highest BCUT2D eigenvalue weighted by atomic mass is 16.6. The smallest absolute Gasteiger partial charge is 0.150 e. The zero-order chi connectivity index (χ0) is 12.9. The Labute approximate surface area is 113 Å². The van der Waals surface area contributed by atoms with Gasteiger partial charge in [0.15, 0.2) is 12.5 Å². The summed E-state index contributed by atoms with van der Waals surface area (Å²) in [5.41, 5.74) is 2.56. The number of rotatable bonds is 6. The fourth-order valence-electron chi connectivity index (χ4n) is 2.05. The third-order valence-electron chi connectivity index (χ3n) is 3.19. The van der Waals surface area contributed by atoms with E-state index in [2.05, 4.69) is 59.2 Å². The lowest BCUT2D eigenvalue weighted by Crippen LogP contribution is -2.26. The van der Waals surface area contributed by atoms with Gasteiger partial charge in [-0.3, -0.25) is 10.6 Å². The molecule has 1 heterocycles. The van der Waals surface area contributed by atoms with Crippen molar-refractivity contribution >= 4 is 0 Å². The number of epoxide rings is 1. The van der Waals surface area contributed by atoms with Gasteiger partial charge in [0.05, 0.1) is 0 Å². The zero-order valence-electron chi connectivity index (χ0n) is 10.8. The summed E-state index contributed by atoms with van der Waals surface area (Å²) in [6, 6.07) is 20.7. The van der Waals surface area contributed by atoms with Gasteiger partial charge in [0.25, 0.3) is 0 Å². The van der Waals surface area contributed by atoms with E-state index in [1.165, 1.54) is 11.1 Å². The van der Waals surface area contributed by atoms with Gasteiger partial charge < -0.3 is 4.74 Å². The Balaban J connectivity index is 1.38. The molecule has 1 fully saturated rings. The molecule has 1 aliphatic heterocycles. The van der Waals surface area contributed by atoms with Crippen LogP contribution in [-0.2, 0) is 17.8 Å². The van der Waals surface area contributed by atoms with Crippen molar-refractivity contribution in [2.45, 2.75) is 25.5 Å². The van der Waals surface area contributed by atoms with E-state index in [0.29, 0.717) is 0 Å². The van der Waals surface area contributed by atoms with E-state index in [1.807, 2.05) is 12.1 Å². The number of ether oxygens (including phenoxy) is 1. The second-order valence-electron chi connectivity index (χ2n) is 4.71. The largest absolute Gasteiger partial charge is 0.337 e. The van der Waals surface area contributed by atoms with Crippen molar-refractivity contribution in [3.8, 4) is 0 Å². The van der Waals surface area contributed by atoms with Crippen LogP contribution in [0.2, 0.25) is 0 Å². The fourth-order valence-corrected chi connectivity index (χ4v) is 2.05. The third-order valence-corrected chi connectivity index (χ3v) is 3.19. The first-order valence-corrected chi connectivity index (χ1v) is 6.62. The molecule has 2 aromatic carbocycles. The van der Waals surface area contributed by atoms with E-state index in [-0.39, 0.29) is 12.5 Å². The summed E-state index contributed by atoms with van der Waals surface area (Å²) < 4.78 is 5.54. The van der Waals surface area contributed by atoms with Gasteiger partial charge >= 0.3 is 0 Å². The van der Waals surface area contributed by atoms with Gasteiger partial charge in [-0.15, -0.1) is 0 Å². The first kappa shape index (κ1) is 12.4. The van der Waals surface area contributed by atoms with E-state index in [0.717, 1.165) is 13.1 Å². The molecule has 0 spiro atoms. The second-order valence-corrected chi connectivity index (χ2v) is 4.71. The van der Waals surface area contributed by atoms with E-state index in [1.54, 1.807) is 0 Å². The summed E-state index contributed by atoms with van der Waals surface area (Å²) in [6.07, 6.45) is 0.257. The average molecular weight is 254 g/mol. The van der Waals surface area contributed by atoms with Crippen molar-refractivity contribution in [3.63, 3.8) is 0 Å². The van der Waals surface area contributed by atoms with Crippen molar-refractivity contribution in [1.82, 2.24) is 10.6 Å². The van der Waals surface area contributed by atoms with E-state index < -0.39 is 0 Å². The number of hydrogen-bond acceptors (Lipinski definition) is 3. The molecule has 2 unspecified atom stereocenters. The Kier molecular flexibility index (Phi) is 3.89. The molecule has 19 heavy (non-hydrogen) atoms. The maximum atomic E-state index is 5.54. The van der Waals surface area contributed by atoms with Gasteiger partial charge in [0.1, 0.15) is 0 Å². The number of benzene rings is 2. The van der Waals surface area contributed by atoms with Crippen LogP contribution >= 0.6 is 0 Å². The molecule has 0 radical (unpaired) electrons. The molecule has 1 aliphatic rings. The van der Waals surface area contributed by atoms with Crippen molar-refractivity contribution < 1.29 is 4.74 Å². The molecule has 2 atom stereocenters. The van der Waals surface area contributed by atoms with Gasteiger partial charge in [-0.25, -0.2) is 0 Å². The number of hydrogen-bond donors (Lipinski definition) is 2.